The fourth-order valence-electron chi connectivity index (χ4n) is 2.26. The molecule has 0 bridgehead atoms. The predicted molar refractivity (Wildman–Crippen MR) is 46.9 cm³/mol. The van der Waals surface area contributed by atoms with Gasteiger partial charge in [-0.3, -0.25) is 0 Å². The van der Waals surface area contributed by atoms with Gasteiger partial charge in [0.15, 0.2) is 5.79 Å². The maximum Gasteiger partial charge on any atom is 0.171 e. The summed E-state index contributed by atoms with van der Waals surface area (Å²) in [5.74, 6) is 0.350. The average Bonchev–Trinajstić information content (AvgIpc) is 2.43. The molecule has 0 N–H and O–H groups in total. The molecule has 0 aromatic rings. The molecule has 1 spiro atoms. The summed E-state index contributed by atoms with van der Waals surface area (Å²) in [5.41, 5.74) is 0.0264. The molecular weight excluding hydrogens is 152 g/mol. The maximum absolute atomic E-state index is 5.99. The van der Waals surface area contributed by atoms with Crippen LogP contribution in [-0.2, 0) is 9.47 Å². The van der Waals surface area contributed by atoms with E-state index < -0.39 is 0 Å². The van der Waals surface area contributed by atoms with Gasteiger partial charge in [-0.2, -0.15) is 0 Å². The van der Waals surface area contributed by atoms with Crippen molar-refractivity contribution in [3.05, 3.63) is 0 Å². The molecule has 70 valence electrons. The normalized spacial score (nSPS) is 45.8. The zero-order valence-corrected chi connectivity index (χ0v) is 8.22. The molecular formula is C10H18O2. The first kappa shape index (κ1) is 8.52. The highest BCUT2D eigenvalue weighted by molar-refractivity contribution is 4.92. The molecule has 2 heteroatoms. The Hall–Kier alpha value is -0.0800. The molecule has 0 amide bonds. The molecule has 0 saturated carbocycles. The first-order chi connectivity index (χ1) is 5.54. The van der Waals surface area contributed by atoms with E-state index in [0.29, 0.717) is 5.92 Å². The van der Waals surface area contributed by atoms with Crippen LogP contribution in [0.4, 0.5) is 0 Å². The first-order valence-electron chi connectivity index (χ1n) is 4.88. The highest BCUT2D eigenvalue weighted by atomic mass is 16.7. The number of hydrogen-bond acceptors (Lipinski definition) is 2. The monoisotopic (exact) mass is 170 g/mol. The van der Waals surface area contributed by atoms with E-state index in [-0.39, 0.29) is 11.4 Å². The zero-order chi connectivity index (χ0) is 8.82. The smallest absolute Gasteiger partial charge is 0.171 e. The Morgan fingerprint density at radius 2 is 2.00 bits per heavy atom. The SMILES string of the molecule is C[C@@H]1CCO[C@]12CCC(C)(C)O2. The van der Waals surface area contributed by atoms with Crippen LogP contribution in [0.15, 0.2) is 0 Å². The van der Waals surface area contributed by atoms with Gasteiger partial charge in [0, 0.05) is 12.3 Å². The summed E-state index contributed by atoms with van der Waals surface area (Å²) in [6, 6.07) is 0. The van der Waals surface area contributed by atoms with Crippen LogP contribution in [0, 0.1) is 5.92 Å². The van der Waals surface area contributed by atoms with Crippen LogP contribution in [0.2, 0.25) is 0 Å². The minimum atomic E-state index is -0.219. The Kier molecular flexibility index (Phi) is 1.74. The highest BCUT2D eigenvalue weighted by Crippen LogP contribution is 2.46. The summed E-state index contributed by atoms with van der Waals surface area (Å²) >= 11 is 0. The summed E-state index contributed by atoms with van der Waals surface area (Å²) in [4.78, 5) is 0. The van der Waals surface area contributed by atoms with Crippen molar-refractivity contribution in [2.75, 3.05) is 6.61 Å². The fraction of sp³-hybridized carbons (Fsp3) is 1.00. The minimum Gasteiger partial charge on any atom is -0.350 e. The fourth-order valence-corrected chi connectivity index (χ4v) is 2.26. The Morgan fingerprint density at radius 1 is 1.25 bits per heavy atom. The first-order valence-corrected chi connectivity index (χ1v) is 4.88. The van der Waals surface area contributed by atoms with Crippen LogP contribution in [0.1, 0.15) is 40.0 Å². The summed E-state index contributed by atoms with van der Waals surface area (Å²) in [7, 11) is 0. The van der Waals surface area contributed by atoms with Crippen LogP contribution >= 0.6 is 0 Å². The van der Waals surface area contributed by atoms with Gasteiger partial charge in [0.1, 0.15) is 0 Å². The molecule has 2 nitrogen and oxygen atoms in total. The zero-order valence-electron chi connectivity index (χ0n) is 8.22. The third-order valence-electron chi connectivity index (χ3n) is 3.17. The molecule has 0 aliphatic carbocycles. The quantitative estimate of drug-likeness (QED) is 0.555. The van der Waals surface area contributed by atoms with Crippen LogP contribution in [0.25, 0.3) is 0 Å². The largest absolute Gasteiger partial charge is 0.350 e. The van der Waals surface area contributed by atoms with E-state index >= 15 is 0 Å². The van der Waals surface area contributed by atoms with E-state index in [4.69, 9.17) is 9.47 Å². The topological polar surface area (TPSA) is 18.5 Å². The van der Waals surface area contributed by atoms with Crippen molar-refractivity contribution in [3.63, 3.8) is 0 Å². The Labute approximate surface area is 74.2 Å². The molecule has 0 radical (unpaired) electrons. The Morgan fingerprint density at radius 3 is 2.42 bits per heavy atom. The lowest BCUT2D eigenvalue weighted by Crippen LogP contribution is -2.36. The number of rotatable bonds is 0. The van der Waals surface area contributed by atoms with Gasteiger partial charge < -0.3 is 9.47 Å². The molecule has 2 fully saturated rings. The molecule has 0 aromatic carbocycles. The molecule has 2 aliphatic heterocycles. The molecule has 2 rings (SSSR count). The molecule has 2 atom stereocenters. The van der Waals surface area contributed by atoms with E-state index in [1.165, 1.54) is 0 Å². The predicted octanol–water partition coefficient (Wildman–Crippen LogP) is 2.33. The third-order valence-corrected chi connectivity index (χ3v) is 3.17. The molecule has 0 aromatic heterocycles. The summed E-state index contributed by atoms with van der Waals surface area (Å²) < 4.78 is 11.7. The van der Waals surface area contributed by atoms with Crippen molar-refractivity contribution in [1.82, 2.24) is 0 Å². The van der Waals surface area contributed by atoms with E-state index in [2.05, 4.69) is 20.8 Å². The lowest BCUT2D eigenvalue weighted by Gasteiger charge is -2.30. The molecule has 2 aliphatic rings. The van der Waals surface area contributed by atoms with Crippen molar-refractivity contribution in [2.45, 2.75) is 51.4 Å². The van der Waals surface area contributed by atoms with Gasteiger partial charge in [-0.05, 0) is 26.7 Å². The van der Waals surface area contributed by atoms with Gasteiger partial charge in [-0.15, -0.1) is 0 Å². The van der Waals surface area contributed by atoms with Gasteiger partial charge >= 0.3 is 0 Å². The number of ether oxygens (including phenoxy) is 2. The van der Waals surface area contributed by atoms with E-state index in [9.17, 15) is 0 Å². The molecule has 2 saturated heterocycles. The average molecular weight is 170 g/mol. The van der Waals surface area contributed by atoms with Crippen LogP contribution in [0.3, 0.4) is 0 Å². The second kappa shape index (κ2) is 2.46. The lowest BCUT2D eigenvalue weighted by atomic mass is 9.96. The van der Waals surface area contributed by atoms with Gasteiger partial charge in [-0.1, -0.05) is 6.92 Å². The van der Waals surface area contributed by atoms with Crippen LogP contribution in [0.5, 0.6) is 0 Å². The molecule has 12 heavy (non-hydrogen) atoms. The summed E-state index contributed by atoms with van der Waals surface area (Å²) in [5, 5.41) is 0. The Bertz CT molecular complexity index is 188. The third kappa shape index (κ3) is 1.17. The minimum absolute atomic E-state index is 0.0264. The maximum atomic E-state index is 5.99. The highest BCUT2D eigenvalue weighted by Gasteiger charge is 2.51. The van der Waals surface area contributed by atoms with Crippen molar-refractivity contribution in [3.8, 4) is 0 Å². The second-order valence-corrected chi connectivity index (χ2v) is 4.71. The van der Waals surface area contributed by atoms with Crippen molar-refractivity contribution >= 4 is 0 Å². The number of hydrogen-bond donors (Lipinski definition) is 0. The van der Waals surface area contributed by atoms with E-state index in [0.717, 1.165) is 25.9 Å². The van der Waals surface area contributed by atoms with Crippen LogP contribution in [-0.4, -0.2) is 18.0 Å². The summed E-state index contributed by atoms with van der Waals surface area (Å²) in [6.45, 7) is 7.40. The van der Waals surface area contributed by atoms with Gasteiger partial charge in [0.25, 0.3) is 0 Å². The van der Waals surface area contributed by atoms with Gasteiger partial charge in [0.05, 0.1) is 12.2 Å². The van der Waals surface area contributed by atoms with Crippen molar-refractivity contribution < 1.29 is 9.47 Å². The van der Waals surface area contributed by atoms with Gasteiger partial charge in [-0.25, -0.2) is 0 Å². The Balaban J connectivity index is 2.14. The second-order valence-electron chi connectivity index (χ2n) is 4.71. The van der Waals surface area contributed by atoms with E-state index in [1.807, 2.05) is 0 Å². The summed E-state index contributed by atoms with van der Waals surface area (Å²) in [6.07, 6.45) is 3.34. The van der Waals surface area contributed by atoms with Gasteiger partial charge in [0.2, 0.25) is 0 Å². The lowest BCUT2D eigenvalue weighted by molar-refractivity contribution is -0.236. The van der Waals surface area contributed by atoms with E-state index in [1.54, 1.807) is 0 Å². The molecule has 0 unspecified atom stereocenters. The van der Waals surface area contributed by atoms with Crippen LogP contribution < -0.4 is 0 Å². The van der Waals surface area contributed by atoms with Crippen molar-refractivity contribution in [1.29, 1.82) is 0 Å². The molecule has 2 heterocycles. The standard InChI is InChI=1S/C10H18O2/c1-8-4-7-11-10(8)6-5-9(2,3)12-10/h8H,4-7H2,1-3H3/t8-,10+/m1/s1. The van der Waals surface area contributed by atoms with Crippen molar-refractivity contribution in [2.24, 2.45) is 5.92 Å².